The van der Waals surface area contributed by atoms with Gasteiger partial charge in [0.25, 0.3) is 0 Å². The fourth-order valence-corrected chi connectivity index (χ4v) is 2.09. The highest BCUT2D eigenvalue weighted by Gasteiger charge is 2.04. The van der Waals surface area contributed by atoms with Gasteiger partial charge in [0.1, 0.15) is 6.33 Å². The molecule has 0 aliphatic heterocycles. The maximum absolute atomic E-state index is 6.01. The van der Waals surface area contributed by atoms with E-state index in [1.165, 1.54) is 0 Å². The Bertz CT molecular complexity index is 674. The Kier molecular flexibility index (Phi) is 2.50. The molecule has 0 amide bonds. The zero-order chi connectivity index (χ0) is 11.7. The van der Waals surface area contributed by atoms with Crippen molar-refractivity contribution in [1.82, 2.24) is 9.97 Å². The molecule has 0 N–H and O–H groups in total. The molecule has 0 atom stereocenters. The van der Waals surface area contributed by atoms with Crippen molar-refractivity contribution in [2.45, 2.75) is 0 Å². The van der Waals surface area contributed by atoms with Gasteiger partial charge in [-0.2, -0.15) is 0 Å². The second-order valence-corrected chi connectivity index (χ2v) is 4.21. The number of para-hydroxylation sites is 1. The van der Waals surface area contributed by atoms with Crippen LogP contribution < -0.4 is 0 Å². The third-order valence-electron chi connectivity index (χ3n) is 2.67. The highest BCUT2D eigenvalue weighted by molar-refractivity contribution is 6.30. The van der Waals surface area contributed by atoms with Crippen molar-refractivity contribution in [3.8, 4) is 11.1 Å². The van der Waals surface area contributed by atoms with Crippen LogP contribution in [0, 0.1) is 0 Å². The molecule has 17 heavy (non-hydrogen) atoms. The number of hydrogen-bond donors (Lipinski definition) is 0. The van der Waals surface area contributed by atoms with E-state index in [1.54, 1.807) is 6.33 Å². The SMILES string of the molecule is Clc1cccc(-c2cccc3cncnc23)c1. The Morgan fingerprint density at radius 3 is 2.76 bits per heavy atom. The predicted octanol–water partition coefficient (Wildman–Crippen LogP) is 3.95. The molecule has 0 unspecified atom stereocenters. The van der Waals surface area contributed by atoms with E-state index in [-0.39, 0.29) is 0 Å². The summed E-state index contributed by atoms with van der Waals surface area (Å²) < 4.78 is 0. The van der Waals surface area contributed by atoms with E-state index in [1.807, 2.05) is 48.7 Å². The Morgan fingerprint density at radius 2 is 1.88 bits per heavy atom. The molecule has 0 fully saturated rings. The van der Waals surface area contributed by atoms with Gasteiger partial charge in [-0.3, -0.25) is 0 Å². The minimum Gasteiger partial charge on any atom is -0.244 e. The molecule has 2 nitrogen and oxygen atoms in total. The lowest BCUT2D eigenvalue weighted by atomic mass is 10.0. The van der Waals surface area contributed by atoms with Gasteiger partial charge in [0.2, 0.25) is 0 Å². The molecule has 1 aromatic heterocycles. The van der Waals surface area contributed by atoms with Crippen LogP contribution in [0.15, 0.2) is 55.0 Å². The average molecular weight is 241 g/mol. The highest BCUT2D eigenvalue weighted by Crippen LogP contribution is 2.28. The first-order chi connectivity index (χ1) is 8.34. The lowest BCUT2D eigenvalue weighted by molar-refractivity contribution is 1.22. The molecule has 0 aliphatic rings. The normalized spacial score (nSPS) is 10.6. The number of nitrogens with zero attached hydrogens (tertiary/aromatic N) is 2. The number of halogens is 1. The molecule has 2 aromatic carbocycles. The van der Waals surface area contributed by atoms with Crippen molar-refractivity contribution >= 4 is 22.5 Å². The first kappa shape index (κ1) is 10.2. The van der Waals surface area contributed by atoms with E-state index in [4.69, 9.17) is 11.6 Å². The summed E-state index contributed by atoms with van der Waals surface area (Å²) in [6.45, 7) is 0. The van der Waals surface area contributed by atoms with Gasteiger partial charge in [0.05, 0.1) is 5.52 Å². The van der Waals surface area contributed by atoms with Crippen LogP contribution in [0.5, 0.6) is 0 Å². The van der Waals surface area contributed by atoms with Crippen molar-refractivity contribution in [3.05, 3.63) is 60.0 Å². The minimum absolute atomic E-state index is 0.730. The van der Waals surface area contributed by atoms with E-state index in [0.29, 0.717) is 0 Å². The number of benzene rings is 2. The Balaban J connectivity index is 2.30. The second-order valence-electron chi connectivity index (χ2n) is 3.78. The smallest absolute Gasteiger partial charge is 0.116 e. The first-order valence-corrected chi connectivity index (χ1v) is 5.67. The summed E-state index contributed by atoms with van der Waals surface area (Å²) in [5.74, 6) is 0. The van der Waals surface area contributed by atoms with E-state index in [0.717, 1.165) is 27.1 Å². The molecule has 3 rings (SSSR count). The maximum Gasteiger partial charge on any atom is 0.116 e. The van der Waals surface area contributed by atoms with Crippen molar-refractivity contribution < 1.29 is 0 Å². The van der Waals surface area contributed by atoms with Crippen LogP contribution in [-0.4, -0.2) is 9.97 Å². The molecule has 0 saturated heterocycles. The standard InChI is InChI=1S/C14H9ClN2/c15-12-5-1-3-10(7-12)13-6-2-4-11-8-16-9-17-14(11)13/h1-9H. The fourth-order valence-electron chi connectivity index (χ4n) is 1.90. The topological polar surface area (TPSA) is 25.8 Å². The minimum atomic E-state index is 0.730. The van der Waals surface area contributed by atoms with Gasteiger partial charge >= 0.3 is 0 Å². The van der Waals surface area contributed by atoms with E-state index >= 15 is 0 Å². The van der Waals surface area contributed by atoms with Gasteiger partial charge < -0.3 is 0 Å². The zero-order valence-electron chi connectivity index (χ0n) is 8.97. The molecule has 82 valence electrons. The monoisotopic (exact) mass is 240 g/mol. The van der Waals surface area contributed by atoms with Crippen LogP contribution >= 0.6 is 11.6 Å². The van der Waals surface area contributed by atoms with E-state index in [2.05, 4.69) is 9.97 Å². The van der Waals surface area contributed by atoms with Gasteiger partial charge in [-0.1, -0.05) is 41.9 Å². The van der Waals surface area contributed by atoms with Crippen molar-refractivity contribution in [2.24, 2.45) is 0 Å². The summed E-state index contributed by atoms with van der Waals surface area (Å²) in [6.07, 6.45) is 3.38. The van der Waals surface area contributed by atoms with Gasteiger partial charge in [0.15, 0.2) is 0 Å². The third kappa shape index (κ3) is 1.87. The summed E-state index contributed by atoms with van der Waals surface area (Å²) >= 11 is 6.01. The summed E-state index contributed by atoms with van der Waals surface area (Å²) in [6, 6.07) is 13.8. The maximum atomic E-state index is 6.01. The molecule has 0 spiro atoms. The van der Waals surface area contributed by atoms with Crippen molar-refractivity contribution in [1.29, 1.82) is 0 Å². The third-order valence-corrected chi connectivity index (χ3v) is 2.91. The Hall–Kier alpha value is -1.93. The van der Waals surface area contributed by atoms with E-state index in [9.17, 15) is 0 Å². The Morgan fingerprint density at radius 1 is 1.00 bits per heavy atom. The van der Waals surface area contributed by atoms with Gasteiger partial charge in [-0.15, -0.1) is 0 Å². The molecule has 3 aromatic rings. The van der Waals surface area contributed by atoms with Crippen LogP contribution in [0.3, 0.4) is 0 Å². The highest BCUT2D eigenvalue weighted by atomic mass is 35.5. The quantitative estimate of drug-likeness (QED) is 0.644. The molecule has 3 heteroatoms. The number of aromatic nitrogens is 2. The summed E-state index contributed by atoms with van der Waals surface area (Å²) in [5, 5.41) is 1.76. The predicted molar refractivity (Wildman–Crippen MR) is 70.0 cm³/mol. The molecule has 0 radical (unpaired) electrons. The molecule has 0 bridgehead atoms. The van der Waals surface area contributed by atoms with E-state index < -0.39 is 0 Å². The van der Waals surface area contributed by atoms with Crippen LogP contribution in [0.25, 0.3) is 22.0 Å². The molecule has 0 aliphatic carbocycles. The second kappa shape index (κ2) is 4.15. The van der Waals surface area contributed by atoms with Crippen molar-refractivity contribution in [3.63, 3.8) is 0 Å². The largest absolute Gasteiger partial charge is 0.244 e. The van der Waals surface area contributed by atoms with Crippen LogP contribution in [0.2, 0.25) is 5.02 Å². The number of hydrogen-bond acceptors (Lipinski definition) is 2. The molecule has 1 heterocycles. The van der Waals surface area contributed by atoms with Crippen LogP contribution in [0.4, 0.5) is 0 Å². The number of fused-ring (bicyclic) bond motifs is 1. The fraction of sp³-hybridized carbons (Fsp3) is 0. The lowest BCUT2D eigenvalue weighted by Gasteiger charge is -2.05. The zero-order valence-corrected chi connectivity index (χ0v) is 9.72. The van der Waals surface area contributed by atoms with Crippen LogP contribution in [-0.2, 0) is 0 Å². The van der Waals surface area contributed by atoms with Gasteiger partial charge in [-0.05, 0) is 17.7 Å². The average Bonchev–Trinajstić information content (AvgIpc) is 2.38. The Labute approximate surface area is 104 Å². The number of rotatable bonds is 1. The summed E-state index contributed by atoms with van der Waals surface area (Å²) in [4.78, 5) is 8.36. The summed E-state index contributed by atoms with van der Waals surface area (Å²) in [7, 11) is 0. The van der Waals surface area contributed by atoms with Gasteiger partial charge in [-0.25, -0.2) is 9.97 Å². The first-order valence-electron chi connectivity index (χ1n) is 5.29. The molecule has 0 saturated carbocycles. The van der Waals surface area contributed by atoms with Crippen LogP contribution in [0.1, 0.15) is 0 Å². The molecular weight excluding hydrogens is 232 g/mol. The van der Waals surface area contributed by atoms with Gasteiger partial charge in [0, 0.05) is 22.2 Å². The van der Waals surface area contributed by atoms with Crippen molar-refractivity contribution in [2.75, 3.05) is 0 Å². The summed E-state index contributed by atoms with van der Waals surface area (Å²) in [5.41, 5.74) is 3.10. The molecular formula is C14H9ClN2. The lowest BCUT2D eigenvalue weighted by Crippen LogP contribution is -1.85.